The van der Waals surface area contributed by atoms with E-state index in [1.807, 2.05) is 20.8 Å². The minimum Gasteiger partial charge on any atom is -0.243 e. The van der Waals surface area contributed by atoms with E-state index in [0.29, 0.717) is 0 Å². The van der Waals surface area contributed by atoms with E-state index in [0.717, 1.165) is 0 Å². The van der Waals surface area contributed by atoms with Crippen LogP contribution in [0, 0.1) is 0 Å². The lowest BCUT2D eigenvalue weighted by atomic mass is 10.4. The zero-order valence-corrected chi connectivity index (χ0v) is 7.52. The van der Waals surface area contributed by atoms with Crippen LogP contribution < -0.4 is 0 Å². The molecular weight excluding hydrogens is 127 g/mol. The topological polar surface area (TPSA) is 0 Å². The largest absolute Gasteiger partial charge is 0.243 e. The van der Waals surface area contributed by atoms with Gasteiger partial charge in [0.25, 0.3) is 0 Å². The molecule has 0 aliphatic rings. The molecule has 10 heavy (non-hydrogen) atoms. The quantitative estimate of drug-likeness (QED) is 0.494. The van der Waals surface area contributed by atoms with Crippen LogP contribution in [0.15, 0.2) is 25.3 Å². The smallest absolute Gasteiger partial charge is 0.115 e. The van der Waals surface area contributed by atoms with Crippen molar-refractivity contribution in [2.24, 2.45) is 0 Å². The van der Waals surface area contributed by atoms with E-state index in [2.05, 4.69) is 13.2 Å². The molecule has 1 unspecified atom stereocenters. The lowest BCUT2D eigenvalue weighted by Gasteiger charge is -1.79. The molecule has 0 aromatic heterocycles. The highest BCUT2D eigenvalue weighted by Crippen LogP contribution is 1.83. The van der Waals surface area contributed by atoms with Gasteiger partial charge in [-0.05, 0) is 13.8 Å². The van der Waals surface area contributed by atoms with Gasteiger partial charge in [-0.1, -0.05) is 26.0 Å². The van der Waals surface area contributed by atoms with Gasteiger partial charge in [-0.15, -0.1) is 13.2 Å². The molecule has 0 aliphatic heterocycles. The third-order valence-corrected chi connectivity index (χ3v) is 0.325. The Morgan fingerprint density at radius 2 is 1.40 bits per heavy atom. The SMILES string of the molecule is C=CC.C=CC(C)F.CC. The second-order valence-electron chi connectivity index (χ2n) is 1.32. The van der Waals surface area contributed by atoms with Crippen molar-refractivity contribution in [1.29, 1.82) is 0 Å². The average Bonchev–Trinajstić information content (AvgIpc) is 1.94. The molecule has 0 rings (SSSR count). The summed E-state index contributed by atoms with van der Waals surface area (Å²) in [5.74, 6) is 0. The van der Waals surface area contributed by atoms with Crippen molar-refractivity contribution < 1.29 is 4.39 Å². The summed E-state index contributed by atoms with van der Waals surface area (Å²) in [6.45, 7) is 13.9. The van der Waals surface area contributed by atoms with E-state index in [1.54, 1.807) is 6.08 Å². The monoisotopic (exact) mass is 146 g/mol. The van der Waals surface area contributed by atoms with E-state index in [9.17, 15) is 4.39 Å². The van der Waals surface area contributed by atoms with Crippen molar-refractivity contribution in [1.82, 2.24) is 0 Å². The summed E-state index contributed by atoms with van der Waals surface area (Å²) in [6, 6.07) is 0. The third kappa shape index (κ3) is 153. The normalized spacial score (nSPS) is 8.90. The van der Waals surface area contributed by atoms with Gasteiger partial charge in [0.05, 0.1) is 0 Å². The maximum Gasteiger partial charge on any atom is 0.115 e. The predicted octanol–water partition coefficient (Wildman–Crippen LogP) is 3.75. The van der Waals surface area contributed by atoms with Crippen molar-refractivity contribution in [3.63, 3.8) is 0 Å². The summed E-state index contributed by atoms with van der Waals surface area (Å²) in [5.41, 5.74) is 0. The highest BCUT2D eigenvalue weighted by atomic mass is 19.1. The number of alkyl halides is 1. The molecule has 0 nitrogen and oxygen atoms in total. The molecular formula is C9H19F. The molecule has 1 atom stereocenters. The summed E-state index contributed by atoms with van der Waals surface area (Å²) in [7, 11) is 0. The molecule has 0 fully saturated rings. The highest BCUT2D eigenvalue weighted by Gasteiger charge is 1.79. The number of halogens is 1. The van der Waals surface area contributed by atoms with Crippen molar-refractivity contribution in [2.75, 3.05) is 0 Å². The first-order chi connectivity index (χ1) is 4.68. The Morgan fingerprint density at radius 1 is 1.30 bits per heavy atom. The van der Waals surface area contributed by atoms with Gasteiger partial charge in [0.15, 0.2) is 0 Å². The van der Waals surface area contributed by atoms with Crippen LogP contribution in [0.4, 0.5) is 4.39 Å². The lowest BCUT2D eigenvalue weighted by molar-refractivity contribution is 0.431. The fraction of sp³-hybridized carbons (Fsp3) is 0.556. The Hall–Kier alpha value is -0.590. The van der Waals surface area contributed by atoms with Crippen LogP contribution in [0.3, 0.4) is 0 Å². The third-order valence-electron chi connectivity index (χ3n) is 0.325. The van der Waals surface area contributed by atoms with Crippen molar-refractivity contribution >= 4 is 0 Å². The molecule has 0 saturated heterocycles. The Morgan fingerprint density at radius 3 is 1.40 bits per heavy atom. The van der Waals surface area contributed by atoms with E-state index in [4.69, 9.17) is 0 Å². The molecule has 0 heterocycles. The van der Waals surface area contributed by atoms with Crippen molar-refractivity contribution in [3.05, 3.63) is 25.3 Å². The number of hydrogen-bond donors (Lipinski definition) is 0. The Bertz CT molecular complexity index is 55.7. The van der Waals surface area contributed by atoms with E-state index in [-0.39, 0.29) is 0 Å². The minimum atomic E-state index is -0.852. The lowest BCUT2D eigenvalue weighted by Crippen LogP contribution is -1.78. The summed E-state index contributed by atoms with van der Waals surface area (Å²) in [6.07, 6.45) is 2.15. The van der Waals surface area contributed by atoms with Gasteiger partial charge < -0.3 is 0 Å². The second-order valence-corrected chi connectivity index (χ2v) is 1.32. The highest BCUT2D eigenvalue weighted by molar-refractivity contribution is 4.72. The van der Waals surface area contributed by atoms with E-state index >= 15 is 0 Å². The van der Waals surface area contributed by atoms with Crippen LogP contribution in [0.5, 0.6) is 0 Å². The first-order valence-corrected chi connectivity index (χ1v) is 3.52. The van der Waals surface area contributed by atoms with Gasteiger partial charge in [-0.25, -0.2) is 4.39 Å². The van der Waals surface area contributed by atoms with Gasteiger partial charge in [0, 0.05) is 0 Å². The molecule has 0 amide bonds. The first-order valence-electron chi connectivity index (χ1n) is 3.52. The van der Waals surface area contributed by atoms with Gasteiger partial charge >= 0.3 is 0 Å². The molecule has 0 bridgehead atoms. The molecule has 0 spiro atoms. The molecule has 1 heteroatoms. The van der Waals surface area contributed by atoms with E-state index in [1.165, 1.54) is 13.0 Å². The molecule has 0 aliphatic carbocycles. The molecule has 0 aromatic rings. The Labute approximate surface area is 64.5 Å². The van der Waals surface area contributed by atoms with Crippen molar-refractivity contribution in [3.8, 4) is 0 Å². The number of rotatable bonds is 1. The van der Waals surface area contributed by atoms with E-state index < -0.39 is 6.17 Å². The zero-order valence-electron chi connectivity index (χ0n) is 7.52. The minimum absolute atomic E-state index is 0.852. The molecule has 0 radical (unpaired) electrons. The fourth-order valence-electron chi connectivity index (χ4n) is 0. The van der Waals surface area contributed by atoms with Gasteiger partial charge in [0.2, 0.25) is 0 Å². The molecule has 0 saturated carbocycles. The van der Waals surface area contributed by atoms with Crippen LogP contribution in [-0.2, 0) is 0 Å². The van der Waals surface area contributed by atoms with Gasteiger partial charge in [-0.2, -0.15) is 0 Å². The summed E-state index contributed by atoms with van der Waals surface area (Å²) in [4.78, 5) is 0. The van der Waals surface area contributed by atoms with Crippen LogP contribution >= 0.6 is 0 Å². The maximum absolute atomic E-state index is 11.3. The Balaban J connectivity index is -0.0000000847. The van der Waals surface area contributed by atoms with Crippen LogP contribution in [0.2, 0.25) is 0 Å². The predicted molar refractivity (Wildman–Crippen MR) is 48.0 cm³/mol. The molecule has 0 N–H and O–H groups in total. The fourth-order valence-corrected chi connectivity index (χ4v) is 0. The van der Waals surface area contributed by atoms with Crippen LogP contribution in [0.1, 0.15) is 27.7 Å². The van der Waals surface area contributed by atoms with Crippen molar-refractivity contribution in [2.45, 2.75) is 33.9 Å². The van der Waals surface area contributed by atoms with Gasteiger partial charge in [-0.3, -0.25) is 0 Å². The second kappa shape index (κ2) is 23.7. The molecule has 62 valence electrons. The zero-order chi connectivity index (χ0) is 8.99. The summed E-state index contributed by atoms with van der Waals surface area (Å²) >= 11 is 0. The summed E-state index contributed by atoms with van der Waals surface area (Å²) < 4.78 is 11.3. The number of hydrogen-bond acceptors (Lipinski definition) is 0. The maximum atomic E-state index is 11.3. The Kier molecular flexibility index (Phi) is 38.5. The number of allylic oxidation sites excluding steroid dienone is 2. The molecule has 0 aromatic carbocycles. The standard InChI is InChI=1S/C4H7F.C3H6.C2H6/c1-3-4(2)5;1-3-2;1-2/h3-4H,1H2,2H3;3H,1H2,2H3;1-2H3. The van der Waals surface area contributed by atoms with Crippen LogP contribution in [0.25, 0.3) is 0 Å². The summed E-state index contributed by atoms with van der Waals surface area (Å²) in [5, 5.41) is 0. The first kappa shape index (κ1) is 16.2. The van der Waals surface area contributed by atoms with Crippen LogP contribution in [-0.4, -0.2) is 6.17 Å². The van der Waals surface area contributed by atoms with Gasteiger partial charge in [0.1, 0.15) is 6.17 Å². The average molecular weight is 146 g/mol.